The summed E-state index contributed by atoms with van der Waals surface area (Å²) in [5.41, 5.74) is -23.7. The molecule has 0 radical (unpaired) electrons. The molecule has 18 nitrogen and oxygen atoms in total. The Kier molecular flexibility index (Phi) is 4.69. The average molecular weight is 1100 g/mol. The molecule has 18 aliphatic carbocycles. The van der Waals surface area contributed by atoms with Gasteiger partial charge in [-0.05, 0) is 114 Å². The predicted octanol–water partition coefficient (Wildman–Crippen LogP) is 0.657. The lowest BCUT2D eigenvalue weighted by Crippen LogP contribution is -2.79. The first-order valence-corrected chi connectivity index (χ1v) is 27.5. The van der Waals surface area contributed by atoms with Crippen LogP contribution in [-0.2, 0) is 67.7 Å². The minimum Gasteiger partial charge on any atom is -0.507 e. The Morgan fingerprint density at radius 2 is 1.30 bits per heavy atom. The van der Waals surface area contributed by atoms with Crippen LogP contribution < -0.4 is 20.9 Å². The molecule has 0 aromatic heterocycles. The molecule has 18 heteroatoms. The minimum atomic E-state index is -2.82. The molecule has 8 spiro atoms. The number of benzene rings is 4. The van der Waals surface area contributed by atoms with Gasteiger partial charge >= 0.3 is 23.9 Å². The quantitative estimate of drug-likeness (QED) is 0.126. The van der Waals surface area contributed by atoms with Crippen LogP contribution in [0.1, 0.15) is 93.0 Å². The number of epoxide rings is 4. The van der Waals surface area contributed by atoms with E-state index in [4.69, 9.17) is 18.9 Å². The number of aliphatic hydroxyl groups excluding tert-OH is 1. The lowest BCUT2D eigenvalue weighted by molar-refractivity contribution is -0.203. The molecule has 0 amide bonds. The molecule has 12 atom stereocenters. The molecule has 5 unspecified atom stereocenters. The summed E-state index contributed by atoms with van der Waals surface area (Å²) in [4.78, 5) is 56.3. The molecular weight excluding hydrogens is 1080 g/mol. The molecule has 10 N–H and O–H groups in total. The number of carboxylic acids is 4. The van der Waals surface area contributed by atoms with Gasteiger partial charge in [-0.3, -0.25) is 0 Å². The fraction of sp³-hybridized carbons (Fsp3) is 0.182. The maximum absolute atomic E-state index is 15.3. The van der Waals surface area contributed by atoms with E-state index in [1.54, 1.807) is 42.5 Å². The van der Waals surface area contributed by atoms with E-state index in [1.807, 2.05) is 0 Å². The Morgan fingerprint density at radius 3 is 2.08 bits per heavy atom. The number of rotatable bonds is 4. The number of aromatic carboxylic acids is 2. The van der Waals surface area contributed by atoms with Crippen LogP contribution in [0.3, 0.4) is 0 Å². The number of hydrogen-bond acceptors (Lipinski definition) is 14. The first kappa shape index (κ1) is 40.8. The third-order valence-electron chi connectivity index (χ3n) is 24.9. The number of aromatic hydroxyl groups is 1. The molecule has 4 aromatic rings. The average Bonchev–Trinajstić information content (AvgIpc) is 1.35. The fourth-order valence-corrected chi connectivity index (χ4v) is 23.1. The van der Waals surface area contributed by atoms with Crippen molar-refractivity contribution in [1.29, 1.82) is 0 Å². The van der Waals surface area contributed by atoms with E-state index in [2.05, 4.69) is 0 Å². The van der Waals surface area contributed by atoms with Gasteiger partial charge in [-0.1, -0.05) is 36.4 Å². The van der Waals surface area contributed by atoms with Gasteiger partial charge < -0.3 is 70.0 Å². The van der Waals surface area contributed by atoms with Crippen molar-refractivity contribution in [2.45, 2.75) is 67.2 Å². The summed E-state index contributed by atoms with van der Waals surface area (Å²) < 4.78 is 31.4. The van der Waals surface area contributed by atoms with Crippen LogP contribution in [0.15, 0.2) is 127 Å². The largest absolute Gasteiger partial charge is 0.507 e. The van der Waals surface area contributed by atoms with Crippen LogP contribution in [0, 0.1) is 0 Å². The number of carboxylic acid groups (broad SMARTS) is 4. The number of phenols is 1. The Morgan fingerprint density at radius 1 is 0.512 bits per heavy atom. The zero-order valence-corrected chi connectivity index (χ0v) is 41.8. The first-order chi connectivity index (χ1) is 40.2. The van der Waals surface area contributed by atoms with E-state index >= 15 is 10.2 Å². The van der Waals surface area contributed by atoms with Gasteiger partial charge in [0, 0.05) is 99.9 Å². The van der Waals surface area contributed by atoms with Crippen molar-refractivity contribution < 1.29 is 89.2 Å². The van der Waals surface area contributed by atoms with Gasteiger partial charge in [-0.25, -0.2) is 19.2 Å². The minimum absolute atomic E-state index is 0.0140. The van der Waals surface area contributed by atoms with Crippen molar-refractivity contribution in [1.82, 2.24) is 0 Å². The highest BCUT2D eigenvalue weighted by molar-refractivity contribution is 6.22. The Labute approximate surface area is 463 Å². The molecule has 4 aliphatic heterocycles. The smallest absolute Gasteiger partial charge is 0.340 e. The Hall–Kier alpha value is -9.34. The van der Waals surface area contributed by atoms with Gasteiger partial charge in [0.25, 0.3) is 0 Å². The van der Waals surface area contributed by atoms with E-state index in [0.29, 0.717) is 44.2 Å². The van der Waals surface area contributed by atoms with Crippen LogP contribution in [0.4, 0.5) is 0 Å². The molecule has 26 rings (SSSR count). The number of aliphatic carboxylic acids is 2. The molecule has 4 aromatic carbocycles. The van der Waals surface area contributed by atoms with Gasteiger partial charge in [-0.2, -0.15) is 0 Å². The van der Waals surface area contributed by atoms with Gasteiger partial charge in [0.05, 0.1) is 16.7 Å². The second-order valence-corrected chi connectivity index (χ2v) is 26.4. The number of carbonyl (C=O) groups is 4. The molecule has 4 saturated heterocycles. The molecule has 22 aliphatic rings. The van der Waals surface area contributed by atoms with Crippen molar-refractivity contribution in [2.75, 3.05) is 0 Å². The van der Waals surface area contributed by atoms with E-state index in [1.165, 1.54) is 42.5 Å². The number of allylic oxidation sites excluding steroid dienone is 2. The highest BCUT2D eigenvalue weighted by Crippen LogP contribution is 3.00. The maximum atomic E-state index is 15.3. The highest BCUT2D eigenvalue weighted by Gasteiger charge is 3.10. The summed E-state index contributed by atoms with van der Waals surface area (Å²) in [6.07, 6.45) is 15.6. The van der Waals surface area contributed by atoms with Gasteiger partial charge in [0.1, 0.15) is 17.1 Å². The molecule has 0 bridgehead atoms. The molecule has 4 heterocycles. The highest BCUT2D eigenvalue weighted by atomic mass is 16.7. The number of hydrogen-bond donors (Lipinski definition) is 10. The van der Waals surface area contributed by atoms with Crippen molar-refractivity contribution >= 4 is 71.2 Å². The van der Waals surface area contributed by atoms with E-state index in [0.717, 1.165) is 0 Å². The molecule has 1 saturated carbocycles. The van der Waals surface area contributed by atoms with Crippen LogP contribution in [0.2, 0.25) is 0 Å². The lowest BCUT2D eigenvalue weighted by atomic mass is 9.33. The SMILES string of the molecule is O=C(O)C1=CC2=Cc3cc4c5c6c3C37O[C@]23C2=C1C=CC1=Cc3c(C(=O)O)c(O)c8c9c3[C@](O)(C7=C3C6=C6C7=C%10C(=CC(=C8)[C@@]78OC398)C(C(=O)O)=c3ccc7c8c3[C@]%103OC39[C@]63OC53c3c5c(c(C(=O)O)cc3=C4O)=CC(=CC=7)C8(O)[C@]59O)[C@]12O. The van der Waals surface area contributed by atoms with Crippen LogP contribution in [0.25, 0.3) is 47.3 Å². The number of ether oxygens (including phenoxy) is 4. The standard InChI is InChI=1S/C66H24O18/c67-47-28-8-16-7-19-11-24(51(69)70)21-6-4-18-10-27-32(54(75)76)48(68)29-13-20-12-26-31(53(73)74)22-5-2-15-1-3-17-9-23-25(52(71)72)14-30(47)42-43(23)64(80)55(17,77)36(15)39(22)62-40(26)46-44-34-33(37(28)61(42)65(44,83-61)66(62,64)84-62)35(16)63-50-45(34)60(58(20,46)81-60)41(29)38(27)57(50,79)56(18,78)49(21)59(19,63)82-63/h1-14,67-68,77-80H,(H,69,70)(H,71,72)(H,73,74)(H,75,76)/t55?,56-,57-,58+,59-,60?,61?,62-,63?,64+,65-,66?/m0/s1. The van der Waals surface area contributed by atoms with E-state index in [9.17, 15) is 60.0 Å². The molecular formula is C66H24O18. The summed E-state index contributed by atoms with van der Waals surface area (Å²) in [5, 5.41) is 133. The van der Waals surface area contributed by atoms with Gasteiger partial charge in [0.2, 0.25) is 0 Å². The van der Waals surface area contributed by atoms with Crippen LogP contribution in [0.5, 0.6) is 5.75 Å². The number of aliphatic hydroxyl groups is 5. The Balaban J connectivity index is 1.01. The monoisotopic (exact) mass is 1100 g/mol. The van der Waals surface area contributed by atoms with Crippen molar-refractivity contribution in [3.05, 3.63) is 231 Å². The maximum Gasteiger partial charge on any atom is 0.340 e. The first-order valence-electron chi connectivity index (χ1n) is 27.5. The summed E-state index contributed by atoms with van der Waals surface area (Å²) in [6.45, 7) is 0. The topological polar surface area (TPSA) is 321 Å². The van der Waals surface area contributed by atoms with Gasteiger partial charge in [0.15, 0.2) is 67.2 Å². The van der Waals surface area contributed by atoms with Gasteiger partial charge in [-0.15, -0.1) is 0 Å². The summed E-state index contributed by atoms with van der Waals surface area (Å²) >= 11 is 0. The summed E-state index contributed by atoms with van der Waals surface area (Å²) in [5.74, 6) is -6.89. The van der Waals surface area contributed by atoms with Crippen molar-refractivity contribution in [2.24, 2.45) is 0 Å². The second kappa shape index (κ2) is 9.66. The van der Waals surface area contributed by atoms with Crippen molar-refractivity contribution in [3.63, 3.8) is 0 Å². The fourth-order valence-electron chi connectivity index (χ4n) is 23.1. The van der Waals surface area contributed by atoms with Crippen LogP contribution >= 0.6 is 0 Å². The third kappa shape index (κ3) is 2.56. The second-order valence-electron chi connectivity index (χ2n) is 26.4. The molecule has 396 valence electrons. The normalized spacial score (nSPS) is 43.2. The summed E-state index contributed by atoms with van der Waals surface area (Å²) in [7, 11) is 0. The molecule has 84 heavy (non-hydrogen) atoms. The summed E-state index contributed by atoms with van der Waals surface area (Å²) in [6, 6.07) is 6.36. The zero-order valence-electron chi connectivity index (χ0n) is 41.8. The van der Waals surface area contributed by atoms with E-state index in [-0.39, 0.29) is 138 Å². The third-order valence-corrected chi connectivity index (χ3v) is 24.9. The zero-order chi connectivity index (χ0) is 55.8. The predicted molar refractivity (Wildman–Crippen MR) is 276 cm³/mol. The Bertz CT molecular complexity index is 5760. The van der Waals surface area contributed by atoms with Crippen LogP contribution in [-0.4, -0.2) is 103 Å². The lowest BCUT2D eigenvalue weighted by Gasteiger charge is -2.66. The van der Waals surface area contributed by atoms with E-state index < -0.39 is 108 Å². The van der Waals surface area contributed by atoms with Crippen molar-refractivity contribution in [3.8, 4) is 5.75 Å². The molecule has 5 fully saturated rings.